The molecule has 0 amide bonds. The van der Waals surface area contributed by atoms with Gasteiger partial charge in [-0.3, -0.25) is 4.79 Å². The molecule has 108 valence electrons. The van der Waals surface area contributed by atoms with Crippen molar-refractivity contribution in [3.8, 4) is 6.07 Å². The number of aliphatic carboxylic acids is 1. The van der Waals surface area contributed by atoms with Crippen molar-refractivity contribution < 1.29 is 9.90 Å². The maximum absolute atomic E-state index is 10.6. The van der Waals surface area contributed by atoms with E-state index in [-0.39, 0.29) is 5.41 Å². The normalized spacial score (nSPS) is 21.0. The van der Waals surface area contributed by atoms with Gasteiger partial charge in [0.2, 0.25) is 0 Å². The predicted octanol–water partition coefficient (Wildman–Crippen LogP) is 2.89. The molecule has 1 atom stereocenters. The van der Waals surface area contributed by atoms with E-state index in [1.54, 1.807) is 0 Å². The van der Waals surface area contributed by atoms with Crippen molar-refractivity contribution in [2.75, 3.05) is 19.6 Å². The summed E-state index contributed by atoms with van der Waals surface area (Å²) in [6, 6.07) is 2.34. The Morgan fingerprint density at radius 1 is 1.53 bits per heavy atom. The van der Waals surface area contributed by atoms with Gasteiger partial charge < -0.3 is 10.0 Å². The monoisotopic (exact) mass is 266 g/mol. The summed E-state index contributed by atoms with van der Waals surface area (Å²) in [5, 5.41) is 17.7. The van der Waals surface area contributed by atoms with Crippen LogP contribution >= 0.6 is 0 Å². The van der Waals surface area contributed by atoms with Gasteiger partial charge in [-0.05, 0) is 65.0 Å². The minimum Gasteiger partial charge on any atom is -0.481 e. The van der Waals surface area contributed by atoms with Crippen molar-refractivity contribution in [2.24, 2.45) is 11.3 Å². The van der Waals surface area contributed by atoms with E-state index in [0.29, 0.717) is 12.3 Å². The molecule has 0 spiro atoms. The molecular formula is C15H26N2O2. The molecule has 1 rings (SSSR count). The molecule has 1 unspecified atom stereocenters. The van der Waals surface area contributed by atoms with Gasteiger partial charge in [-0.15, -0.1) is 0 Å². The Balaban J connectivity index is 2.24. The van der Waals surface area contributed by atoms with Gasteiger partial charge in [0.1, 0.15) is 0 Å². The molecule has 1 aliphatic rings. The molecule has 0 aromatic carbocycles. The fraction of sp³-hybridized carbons (Fsp3) is 0.867. The Morgan fingerprint density at radius 3 is 2.89 bits per heavy atom. The molecule has 1 heterocycles. The second kappa shape index (κ2) is 7.49. The Hall–Kier alpha value is -1.08. The van der Waals surface area contributed by atoms with Crippen molar-refractivity contribution in [1.82, 2.24) is 4.90 Å². The average Bonchev–Trinajstić information content (AvgIpc) is 2.37. The average molecular weight is 266 g/mol. The molecule has 19 heavy (non-hydrogen) atoms. The summed E-state index contributed by atoms with van der Waals surface area (Å²) in [6.07, 6.45) is 5.40. The Kier molecular flexibility index (Phi) is 6.30. The number of carboxylic acids is 1. The first-order chi connectivity index (χ1) is 8.93. The molecule has 1 aliphatic heterocycles. The Bertz CT molecular complexity index is 334. The summed E-state index contributed by atoms with van der Waals surface area (Å²) in [5.74, 6) is -0.151. The predicted molar refractivity (Wildman–Crippen MR) is 74.7 cm³/mol. The number of hydrogen-bond donors (Lipinski definition) is 1. The lowest BCUT2D eigenvalue weighted by atomic mass is 9.89. The maximum atomic E-state index is 10.6. The van der Waals surface area contributed by atoms with Gasteiger partial charge in [0.15, 0.2) is 0 Å². The van der Waals surface area contributed by atoms with Crippen LogP contribution in [0.2, 0.25) is 0 Å². The highest BCUT2D eigenvalue weighted by Gasteiger charge is 2.21. The number of nitriles is 1. The van der Waals surface area contributed by atoms with Gasteiger partial charge in [-0.2, -0.15) is 5.26 Å². The third kappa shape index (κ3) is 6.58. The highest BCUT2D eigenvalue weighted by molar-refractivity contribution is 5.66. The minimum absolute atomic E-state index is 0.224. The van der Waals surface area contributed by atoms with Crippen molar-refractivity contribution in [1.29, 1.82) is 5.26 Å². The third-order valence-electron chi connectivity index (χ3n) is 3.95. The van der Waals surface area contributed by atoms with Gasteiger partial charge in [0.05, 0.1) is 11.5 Å². The van der Waals surface area contributed by atoms with Crippen LogP contribution in [0.5, 0.6) is 0 Å². The summed E-state index contributed by atoms with van der Waals surface area (Å²) in [5.41, 5.74) is -0.224. The van der Waals surface area contributed by atoms with Crippen LogP contribution in [0.15, 0.2) is 0 Å². The number of likely N-dealkylation sites (tertiary alicyclic amines) is 1. The zero-order valence-corrected chi connectivity index (χ0v) is 12.2. The molecule has 0 aliphatic carbocycles. The fourth-order valence-electron chi connectivity index (χ4n) is 2.72. The topological polar surface area (TPSA) is 64.3 Å². The quantitative estimate of drug-likeness (QED) is 0.769. The molecule has 0 saturated carbocycles. The number of carboxylic acid groups (broad SMARTS) is 1. The van der Waals surface area contributed by atoms with E-state index >= 15 is 0 Å². The number of hydrogen-bond acceptors (Lipinski definition) is 3. The largest absolute Gasteiger partial charge is 0.481 e. The third-order valence-corrected chi connectivity index (χ3v) is 3.95. The molecule has 0 radical (unpaired) electrons. The SMILES string of the molecule is CC(C)(C#N)CCCN1CCCC(CCC(=O)O)C1. The van der Waals surface area contributed by atoms with Crippen molar-refractivity contribution in [3.05, 3.63) is 0 Å². The van der Waals surface area contributed by atoms with E-state index in [4.69, 9.17) is 10.4 Å². The summed E-state index contributed by atoms with van der Waals surface area (Å²) >= 11 is 0. The first-order valence-corrected chi connectivity index (χ1v) is 7.28. The standard InChI is InChI=1S/C15H26N2O2/c1-15(2,12-16)8-4-10-17-9-3-5-13(11-17)6-7-14(18)19/h13H,3-11H2,1-2H3,(H,18,19). The maximum Gasteiger partial charge on any atom is 0.303 e. The number of carbonyl (C=O) groups is 1. The summed E-state index contributed by atoms with van der Waals surface area (Å²) in [4.78, 5) is 13.0. The number of nitrogens with zero attached hydrogens (tertiary/aromatic N) is 2. The summed E-state index contributed by atoms with van der Waals surface area (Å²) in [6.45, 7) is 7.16. The van der Waals surface area contributed by atoms with Gasteiger partial charge in [0, 0.05) is 13.0 Å². The van der Waals surface area contributed by atoms with Crippen LogP contribution in [0.4, 0.5) is 0 Å². The minimum atomic E-state index is -0.687. The summed E-state index contributed by atoms with van der Waals surface area (Å²) < 4.78 is 0. The van der Waals surface area contributed by atoms with Gasteiger partial charge in [0.25, 0.3) is 0 Å². The summed E-state index contributed by atoms with van der Waals surface area (Å²) in [7, 11) is 0. The molecule has 4 heteroatoms. The molecule has 1 saturated heterocycles. The van der Waals surface area contributed by atoms with E-state index in [1.165, 1.54) is 6.42 Å². The van der Waals surface area contributed by atoms with Crippen molar-refractivity contribution in [3.63, 3.8) is 0 Å². The molecular weight excluding hydrogens is 240 g/mol. The van der Waals surface area contributed by atoms with Crippen LogP contribution in [0.1, 0.15) is 52.4 Å². The second-order valence-electron chi connectivity index (χ2n) is 6.34. The van der Waals surface area contributed by atoms with E-state index < -0.39 is 5.97 Å². The van der Waals surface area contributed by atoms with Gasteiger partial charge >= 0.3 is 5.97 Å². The first kappa shape index (κ1) is 16.0. The lowest BCUT2D eigenvalue weighted by Crippen LogP contribution is -2.36. The van der Waals surface area contributed by atoms with Gasteiger partial charge in [-0.25, -0.2) is 0 Å². The van der Waals surface area contributed by atoms with Crippen molar-refractivity contribution >= 4 is 5.97 Å². The fourth-order valence-corrected chi connectivity index (χ4v) is 2.72. The molecule has 1 fully saturated rings. The number of rotatable bonds is 7. The highest BCUT2D eigenvalue weighted by atomic mass is 16.4. The smallest absolute Gasteiger partial charge is 0.303 e. The van der Waals surface area contributed by atoms with Crippen LogP contribution in [-0.2, 0) is 4.79 Å². The van der Waals surface area contributed by atoms with E-state index in [9.17, 15) is 4.79 Å². The van der Waals surface area contributed by atoms with E-state index in [2.05, 4.69) is 11.0 Å². The zero-order chi connectivity index (χ0) is 14.3. The molecule has 0 aromatic rings. The lowest BCUT2D eigenvalue weighted by Gasteiger charge is -2.33. The molecule has 1 N–H and O–H groups in total. The second-order valence-corrected chi connectivity index (χ2v) is 6.34. The van der Waals surface area contributed by atoms with Crippen LogP contribution in [0, 0.1) is 22.7 Å². The Morgan fingerprint density at radius 2 is 2.26 bits per heavy atom. The highest BCUT2D eigenvalue weighted by Crippen LogP contribution is 2.24. The van der Waals surface area contributed by atoms with Crippen molar-refractivity contribution in [2.45, 2.75) is 52.4 Å². The molecule has 0 bridgehead atoms. The lowest BCUT2D eigenvalue weighted by molar-refractivity contribution is -0.137. The van der Waals surface area contributed by atoms with Crippen LogP contribution in [-0.4, -0.2) is 35.6 Å². The first-order valence-electron chi connectivity index (χ1n) is 7.28. The zero-order valence-electron chi connectivity index (χ0n) is 12.2. The molecule has 4 nitrogen and oxygen atoms in total. The van der Waals surface area contributed by atoms with Crippen LogP contribution in [0.3, 0.4) is 0 Å². The van der Waals surface area contributed by atoms with E-state index in [1.807, 2.05) is 13.8 Å². The number of piperidine rings is 1. The van der Waals surface area contributed by atoms with E-state index in [0.717, 1.165) is 45.3 Å². The molecule has 0 aromatic heterocycles. The van der Waals surface area contributed by atoms with Crippen LogP contribution in [0.25, 0.3) is 0 Å². The Labute approximate surface area is 116 Å². The van der Waals surface area contributed by atoms with Gasteiger partial charge in [-0.1, -0.05) is 0 Å². The van der Waals surface area contributed by atoms with Crippen LogP contribution < -0.4 is 0 Å².